The van der Waals surface area contributed by atoms with Crippen LogP contribution in [0.2, 0.25) is 5.02 Å². The molecule has 19 heavy (non-hydrogen) atoms. The maximum absolute atomic E-state index is 11.9. The molecular formula is C13H20ClN3O2. The average Bonchev–Trinajstić information content (AvgIpc) is 2.39. The van der Waals surface area contributed by atoms with Crippen molar-refractivity contribution in [1.29, 1.82) is 0 Å². The molecule has 0 aromatic heterocycles. The highest BCUT2D eigenvalue weighted by molar-refractivity contribution is 6.33. The number of methoxy groups -OCH3 is 1. The van der Waals surface area contributed by atoms with Gasteiger partial charge >= 0.3 is 0 Å². The summed E-state index contributed by atoms with van der Waals surface area (Å²) in [4.78, 5) is 14.0. The largest absolute Gasteiger partial charge is 0.397 e. The summed E-state index contributed by atoms with van der Waals surface area (Å²) in [6.45, 7) is 2.79. The van der Waals surface area contributed by atoms with E-state index in [0.29, 0.717) is 29.4 Å². The van der Waals surface area contributed by atoms with Crippen molar-refractivity contribution in [3.8, 4) is 0 Å². The van der Waals surface area contributed by atoms with Gasteiger partial charge in [-0.1, -0.05) is 17.7 Å². The summed E-state index contributed by atoms with van der Waals surface area (Å²) in [6.07, 6.45) is 0. The third-order valence-electron chi connectivity index (χ3n) is 2.75. The lowest BCUT2D eigenvalue weighted by atomic mass is 10.1. The molecule has 0 atom stereocenters. The monoisotopic (exact) mass is 285 g/mol. The molecule has 3 N–H and O–H groups in total. The predicted molar refractivity (Wildman–Crippen MR) is 77.6 cm³/mol. The second-order valence-corrected chi connectivity index (χ2v) is 4.66. The second-order valence-electron chi connectivity index (χ2n) is 4.25. The van der Waals surface area contributed by atoms with Gasteiger partial charge in [0, 0.05) is 26.7 Å². The minimum Gasteiger partial charge on any atom is -0.397 e. The van der Waals surface area contributed by atoms with E-state index in [2.05, 4.69) is 10.2 Å². The lowest BCUT2D eigenvalue weighted by molar-refractivity contribution is 0.0948. The third kappa shape index (κ3) is 5.06. The van der Waals surface area contributed by atoms with E-state index in [-0.39, 0.29) is 5.91 Å². The van der Waals surface area contributed by atoms with E-state index in [1.54, 1.807) is 25.3 Å². The van der Waals surface area contributed by atoms with Crippen LogP contribution >= 0.6 is 11.6 Å². The minimum atomic E-state index is -0.208. The smallest absolute Gasteiger partial charge is 0.253 e. The summed E-state index contributed by atoms with van der Waals surface area (Å²) in [5.41, 5.74) is 6.48. The highest BCUT2D eigenvalue weighted by atomic mass is 35.5. The number of rotatable bonds is 7. The van der Waals surface area contributed by atoms with Crippen molar-refractivity contribution in [1.82, 2.24) is 10.2 Å². The Balaban J connectivity index is 2.41. The third-order valence-corrected chi connectivity index (χ3v) is 3.08. The Morgan fingerprint density at radius 2 is 2.21 bits per heavy atom. The number of nitrogens with two attached hydrogens (primary N) is 1. The summed E-state index contributed by atoms with van der Waals surface area (Å²) < 4.78 is 4.98. The van der Waals surface area contributed by atoms with Crippen molar-refractivity contribution in [3.63, 3.8) is 0 Å². The van der Waals surface area contributed by atoms with Gasteiger partial charge in [0.05, 0.1) is 22.9 Å². The van der Waals surface area contributed by atoms with E-state index in [0.717, 1.165) is 13.1 Å². The molecule has 0 aliphatic rings. The molecule has 5 nitrogen and oxygen atoms in total. The van der Waals surface area contributed by atoms with Crippen LogP contribution in [-0.2, 0) is 4.74 Å². The van der Waals surface area contributed by atoms with Gasteiger partial charge in [-0.05, 0) is 19.2 Å². The summed E-state index contributed by atoms with van der Waals surface area (Å²) >= 11 is 5.87. The van der Waals surface area contributed by atoms with Gasteiger partial charge in [0.1, 0.15) is 0 Å². The molecule has 1 aromatic rings. The van der Waals surface area contributed by atoms with Gasteiger partial charge in [0.2, 0.25) is 0 Å². The van der Waals surface area contributed by atoms with E-state index in [4.69, 9.17) is 22.1 Å². The zero-order valence-electron chi connectivity index (χ0n) is 11.3. The first-order valence-electron chi connectivity index (χ1n) is 6.06. The Bertz CT molecular complexity index is 426. The van der Waals surface area contributed by atoms with Gasteiger partial charge in [0.25, 0.3) is 5.91 Å². The molecular weight excluding hydrogens is 266 g/mol. The predicted octanol–water partition coefficient (Wildman–Crippen LogP) is 1.23. The van der Waals surface area contributed by atoms with Gasteiger partial charge in [-0.3, -0.25) is 4.79 Å². The quantitative estimate of drug-likeness (QED) is 0.740. The number of nitrogens with one attached hydrogen (secondary N) is 1. The van der Waals surface area contributed by atoms with E-state index in [1.165, 1.54) is 0 Å². The number of likely N-dealkylation sites (N-methyl/N-ethyl adjacent to an activating group) is 1. The Labute approximate surface area is 118 Å². The van der Waals surface area contributed by atoms with Crippen molar-refractivity contribution in [2.45, 2.75) is 0 Å². The Hall–Kier alpha value is -1.30. The van der Waals surface area contributed by atoms with Gasteiger partial charge in [0.15, 0.2) is 0 Å². The summed E-state index contributed by atoms with van der Waals surface area (Å²) in [6, 6.07) is 5.02. The zero-order valence-corrected chi connectivity index (χ0v) is 12.0. The fourth-order valence-corrected chi connectivity index (χ4v) is 1.72. The summed E-state index contributed by atoms with van der Waals surface area (Å²) in [7, 11) is 3.64. The van der Waals surface area contributed by atoms with Crippen molar-refractivity contribution in [3.05, 3.63) is 28.8 Å². The fraction of sp³-hybridized carbons (Fsp3) is 0.462. The first-order valence-corrected chi connectivity index (χ1v) is 6.43. The van der Waals surface area contributed by atoms with Crippen LogP contribution < -0.4 is 11.1 Å². The number of ether oxygens (including phenoxy) is 1. The number of halogens is 1. The van der Waals surface area contributed by atoms with E-state index in [1.807, 2.05) is 7.05 Å². The maximum atomic E-state index is 11.9. The van der Waals surface area contributed by atoms with Gasteiger partial charge in [-0.2, -0.15) is 0 Å². The molecule has 0 bridgehead atoms. The molecule has 0 saturated carbocycles. The molecule has 0 unspecified atom stereocenters. The van der Waals surface area contributed by atoms with E-state index in [9.17, 15) is 4.79 Å². The van der Waals surface area contributed by atoms with Crippen LogP contribution in [-0.4, -0.2) is 51.2 Å². The molecule has 6 heteroatoms. The molecule has 1 rings (SSSR count). The second kappa shape index (κ2) is 7.99. The number of nitrogens with zero attached hydrogens (tertiary/aromatic N) is 1. The highest BCUT2D eigenvalue weighted by Gasteiger charge is 2.11. The number of para-hydroxylation sites is 1. The van der Waals surface area contributed by atoms with Gasteiger partial charge in [-0.15, -0.1) is 0 Å². The van der Waals surface area contributed by atoms with Crippen LogP contribution in [0, 0.1) is 0 Å². The molecule has 0 saturated heterocycles. The highest BCUT2D eigenvalue weighted by Crippen LogP contribution is 2.21. The van der Waals surface area contributed by atoms with E-state index < -0.39 is 0 Å². The average molecular weight is 286 g/mol. The maximum Gasteiger partial charge on any atom is 0.253 e. The number of carbonyl (C=O) groups excluding carboxylic acids is 1. The van der Waals surface area contributed by atoms with Crippen LogP contribution in [0.25, 0.3) is 0 Å². The van der Waals surface area contributed by atoms with Gasteiger partial charge in [-0.25, -0.2) is 0 Å². The fourth-order valence-electron chi connectivity index (χ4n) is 1.55. The first kappa shape index (κ1) is 15.8. The molecule has 0 radical (unpaired) electrons. The summed E-state index contributed by atoms with van der Waals surface area (Å²) in [5, 5.41) is 3.21. The normalized spacial score (nSPS) is 10.7. The first-order chi connectivity index (χ1) is 9.06. The number of hydrogen-bond acceptors (Lipinski definition) is 4. The van der Waals surface area contributed by atoms with Crippen molar-refractivity contribution >= 4 is 23.2 Å². The number of hydrogen-bond donors (Lipinski definition) is 2. The molecule has 1 aromatic carbocycles. The number of anilines is 1. The molecule has 0 heterocycles. The van der Waals surface area contributed by atoms with Crippen LogP contribution in [0.15, 0.2) is 18.2 Å². The van der Waals surface area contributed by atoms with Crippen molar-refractivity contribution in [2.75, 3.05) is 46.1 Å². The lowest BCUT2D eigenvalue weighted by Gasteiger charge is -2.16. The lowest BCUT2D eigenvalue weighted by Crippen LogP contribution is -2.34. The van der Waals surface area contributed by atoms with Crippen LogP contribution in [0.4, 0.5) is 5.69 Å². The Morgan fingerprint density at radius 3 is 2.89 bits per heavy atom. The number of amides is 1. The Kier molecular flexibility index (Phi) is 6.62. The molecule has 0 aliphatic carbocycles. The van der Waals surface area contributed by atoms with Crippen LogP contribution in [0.3, 0.4) is 0 Å². The number of nitrogen functional groups attached to an aromatic ring is 1. The topological polar surface area (TPSA) is 67.6 Å². The van der Waals surface area contributed by atoms with Crippen LogP contribution in [0.1, 0.15) is 10.4 Å². The van der Waals surface area contributed by atoms with Crippen molar-refractivity contribution < 1.29 is 9.53 Å². The minimum absolute atomic E-state index is 0.208. The molecule has 0 spiro atoms. The Morgan fingerprint density at radius 1 is 1.47 bits per heavy atom. The molecule has 1 amide bonds. The van der Waals surface area contributed by atoms with E-state index >= 15 is 0 Å². The number of carbonyl (C=O) groups is 1. The zero-order chi connectivity index (χ0) is 14.3. The van der Waals surface area contributed by atoms with Crippen LogP contribution in [0.5, 0.6) is 0 Å². The standard InChI is InChI=1S/C13H20ClN3O2/c1-17(8-9-19-2)7-6-16-13(18)10-4-3-5-11(14)12(10)15/h3-5H,6-9,15H2,1-2H3,(H,16,18). The molecule has 0 fully saturated rings. The molecule has 0 aliphatic heterocycles. The van der Waals surface area contributed by atoms with Crippen molar-refractivity contribution in [2.24, 2.45) is 0 Å². The summed E-state index contributed by atoms with van der Waals surface area (Å²) in [5.74, 6) is -0.208. The molecule has 106 valence electrons. The van der Waals surface area contributed by atoms with Gasteiger partial charge < -0.3 is 20.7 Å². The SMILES string of the molecule is COCCN(C)CCNC(=O)c1cccc(Cl)c1N. The number of benzene rings is 1.